The summed E-state index contributed by atoms with van der Waals surface area (Å²) >= 11 is 0. The zero-order valence-electron chi connectivity index (χ0n) is 15.8. The zero-order valence-corrected chi connectivity index (χ0v) is 16.6. The van der Waals surface area contributed by atoms with Crippen LogP contribution in [0.4, 0.5) is 5.69 Å². The van der Waals surface area contributed by atoms with Crippen molar-refractivity contribution in [3.63, 3.8) is 0 Å². The third-order valence-corrected chi connectivity index (χ3v) is 5.85. The average molecular weight is 397 g/mol. The van der Waals surface area contributed by atoms with E-state index in [1.165, 1.54) is 0 Å². The smallest absolute Gasteiger partial charge is 0.220 e. The molecule has 0 radical (unpaired) electrons. The van der Waals surface area contributed by atoms with Gasteiger partial charge in [0, 0.05) is 18.8 Å². The van der Waals surface area contributed by atoms with Crippen LogP contribution in [0.25, 0.3) is 0 Å². The van der Waals surface area contributed by atoms with Gasteiger partial charge in [-0.05, 0) is 61.7 Å². The van der Waals surface area contributed by atoms with Crippen LogP contribution in [-0.2, 0) is 10.3 Å². The van der Waals surface area contributed by atoms with Crippen molar-refractivity contribution in [2.75, 3.05) is 24.6 Å². The van der Waals surface area contributed by atoms with Crippen molar-refractivity contribution in [2.45, 2.75) is 25.4 Å². The molecule has 1 heterocycles. The molecule has 28 heavy (non-hydrogen) atoms. The Morgan fingerprint density at radius 3 is 2.32 bits per heavy atom. The number of nitrogens with zero attached hydrogens (tertiary/aromatic N) is 1. The highest BCUT2D eigenvalue weighted by Crippen LogP contribution is 2.30. The van der Waals surface area contributed by atoms with Crippen molar-refractivity contribution in [3.8, 4) is 17.6 Å². The van der Waals surface area contributed by atoms with Crippen molar-refractivity contribution in [1.29, 1.82) is 0 Å². The summed E-state index contributed by atoms with van der Waals surface area (Å²) < 4.78 is 29.5. The molecule has 0 atom stereocenters. The molecule has 1 saturated heterocycles. The number of anilines is 1. The summed E-state index contributed by atoms with van der Waals surface area (Å²) in [4.78, 5) is 2.20. The molecule has 0 aromatic heterocycles. The minimum Gasteiger partial charge on any atom is -0.481 e. The van der Waals surface area contributed by atoms with Crippen LogP contribution in [0.3, 0.4) is 0 Å². The summed E-state index contributed by atoms with van der Waals surface area (Å²) in [5.41, 5.74) is 0.178. The Labute approximate surface area is 167 Å². The van der Waals surface area contributed by atoms with E-state index in [0.29, 0.717) is 37.2 Å². The van der Waals surface area contributed by atoms with Gasteiger partial charge in [-0.15, -0.1) is 5.92 Å². The highest BCUT2D eigenvalue weighted by Gasteiger charge is 2.39. The summed E-state index contributed by atoms with van der Waals surface area (Å²) in [6, 6.07) is 16.7. The third kappa shape index (κ3) is 4.56. The number of para-hydroxylation sites is 1. The van der Waals surface area contributed by atoms with Gasteiger partial charge in [0.1, 0.15) is 22.8 Å². The van der Waals surface area contributed by atoms with E-state index in [2.05, 4.69) is 16.7 Å². The van der Waals surface area contributed by atoms with Gasteiger partial charge in [-0.1, -0.05) is 24.1 Å². The Morgan fingerprint density at radius 1 is 1.11 bits per heavy atom. The first-order valence-electron chi connectivity index (χ1n) is 9.15. The summed E-state index contributed by atoms with van der Waals surface area (Å²) in [5, 5.41) is 11.2. The van der Waals surface area contributed by atoms with Gasteiger partial charge in [-0.25, -0.2) is 0 Å². The van der Waals surface area contributed by atoms with E-state index in [1.54, 1.807) is 31.2 Å². The van der Waals surface area contributed by atoms with Crippen LogP contribution in [0.15, 0.2) is 54.6 Å². The molecular weight excluding hydrogens is 374 g/mol. The van der Waals surface area contributed by atoms with Gasteiger partial charge in [-0.3, -0.25) is 0 Å². The van der Waals surface area contributed by atoms with Gasteiger partial charge in [0.05, 0.1) is 0 Å². The van der Waals surface area contributed by atoms with Gasteiger partial charge < -0.3 is 14.7 Å². The minimum atomic E-state index is -2.53. The van der Waals surface area contributed by atoms with Crippen LogP contribution in [0.2, 0.25) is 0 Å². The molecule has 6 heteroatoms. The number of aliphatic hydroxyl groups is 1. The molecule has 5 nitrogen and oxygen atoms in total. The number of benzene rings is 2. The van der Waals surface area contributed by atoms with E-state index < -0.39 is 15.9 Å². The lowest BCUT2D eigenvalue weighted by molar-refractivity contribution is 0.0876. The summed E-state index contributed by atoms with van der Waals surface area (Å²) in [6.07, 6.45) is 0.686. The first-order valence-corrected chi connectivity index (χ1v) is 10.2. The van der Waals surface area contributed by atoms with Crippen LogP contribution in [0, 0.1) is 11.8 Å². The molecule has 1 N–H and O–H groups in total. The van der Waals surface area contributed by atoms with Gasteiger partial charge in [0.15, 0.2) is 0 Å². The molecule has 1 fully saturated rings. The quantitative estimate of drug-likeness (QED) is 0.477. The van der Waals surface area contributed by atoms with Crippen LogP contribution in [0.1, 0.15) is 25.3 Å². The second-order valence-corrected chi connectivity index (χ2v) is 7.54. The number of hydrogen-bond donors (Lipinski definition) is 1. The summed E-state index contributed by atoms with van der Waals surface area (Å²) in [5.74, 6) is 6.16. The SMILES string of the molecule is CC#CCOc1ccc(C(=S(=O)=O)C2(O)CCN(c3ccccc3)CC2)cc1. The molecule has 0 amide bonds. The molecule has 146 valence electrons. The lowest BCUT2D eigenvalue weighted by Crippen LogP contribution is -2.50. The Morgan fingerprint density at radius 2 is 1.75 bits per heavy atom. The van der Waals surface area contributed by atoms with Crippen molar-refractivity contribution in [1.82, 2.24) is 0 Å². The van der Waals surface area contributed by atoms with Crippen molar-refractivity contribution in [2.24, 2.45) is 0 Å². The Balaban J connectivity index is 1.77. The van der Waals surface area contributed by atoms with Crippen LogP contribution >= 0.6 is 0 Å². The number of hydrogen-bond acceptors (Lipinski definition) is 5. The monoisotopic (exact) mass is 397 g/mol. The Kier molecular flexibility index (Phi) is 6.40. The van der Waals surface area contributed by atoms with E-state index in [4.69, 9.17) is 4.74 Å². The molecular formula is C22H23NO4S. The fourth-order valence-electron chi connectivity index (χ4n) is 3.41. The number of ether oxygens (including phenoxy) is 1. The van der Waals surface area contributed by atoms with E-state index in [1.807, 2.05) is 30.3 Å². The maximum absolute atomic E-state index is 12.0. The van der Waals surface area contributed by atoms with Crippen LogP contribution in [-0.4, -0.2) is 43.7 Å². The molecule has 0 unspecified atom stereocenters. The standard InChI is InChI=1S/C22H23NO4S/c1-2-3-17-27-20-11-9-18(10-12-20)21(28(25)26)22(24)13-15-23(16-14-22)19-7-5-4-6-8-19/h4-12,24H,13-17H2,1H3. The first kappa shape index (κ1) is 20.0. The Bertz CT molecular complexity index is 986. The van der Waals surface area contributed by atoms with Crippen molar-refractivity contribution >= 4 is 20.8 Å². The van der Waals surface area contributed by atoms with Gasteiger partial charge in [-0.2, -0.15) is 8.42 Å². The van der Waals surface area contributed by atoms with E-state index in [0.717, 1.165) is 5.69 Å². The number of piperidine rings is 1. The normalized spacial score (nSPS) is 15.3. The third-order valence-electron chi connectivity index (χ3n) is 4.91. The van der Waals surface area contributed by atoms with Gasteiger partial charge in [0.25, 0.3) is 0 Å². The van der Waals surface area contributed by atoms with E-state index in [9.17, 15) is 13.5 Å². The topological polar surface area (TPSA) is 66.8 Å². The van der Waals surface area contributed by atoms with Crippen LogP contribution in [0.5, 0.6) is 5.75 Å². The zero-order chi connectivity index (χ0) is 20.0. The van der Waals surface area contributed by atoms with Gasteiger partial charge in [0.2, 0.25) is 10.3 Å². The summed E-state index contributed by atoms with van der Waals surface area (Å²) in [7, 11) is -2.53. The molecule has 1 aliphatic heterocycles. The van der Waals surface area contributed by atoms with Crippen molar-refractivity contribution < 1.29 is 18.3 Å². The maximum Gasteiger partial charge on any atom is 0.220 e. The molecule has 1 aliphatic rings. The maximum atomic E-state index is 12.0. The van der Waals surface area contributed by atoms with E-state index in [-0.39, 0.29) is 11.5 Å². The minimum absolute atomic E-state index is 0.0418. The molecule has 0 bridgehead atoms. The average Bonchev–Trinajstić information content (AvgIpc) is 2.70. The molecule has 2 aromatic carbocycles. The molecule has 2 aromatic rings. The first-order chi connectivity index (χ1) is 13.5. The predicted molar refractivity (Wildman–Crippen MR) is 111 cm³/mol. The molecule has 3 rings (SSSR count). The Hall–Kier alpha value is -2.75. The van der Waals surface area contributed by atoms with Gasteiger partial charge >= 0.3 is 0 Å². The highest BCUT2D eigenvalue weighted by atomic mass is 32.2. The van der Waals surface area contributed by atoms with Crippen molar-refractivity contribution in [3.05, 3.63) is 60.2 Å². The second kappa shape index (κ2) is 8.96. The highest BCUT2D eigenvalue weighted by molar-refractivity contribution is 7.73. The lowest BCUT2D eigenvalue weighted by Gasteiger charge is -2.39. The van der Waals surface area contributed by atoms with E-state index >= 15 is 0 Å². The largest absolute Gasteiger partial charge is 0.481 e. The molecule has 0 saturated carbocycles. The second-order valence-electron chi connectivity index (χ2n) is 6.66. The fourth-order valence-corrected chi connectivity index (χ4v) is 4.26. The summed E-state index contributed by atoms with van der Waals surface area (Å²) in [6.45, 7) is 3.18. The molecule has 0 aliphatic carbocycles. The molecule has 0 spiro atoms. The lowest BCUT2D eigenvalue weighted by atomic mass is 9.85. The fraction of sp³-hybridized carbons (Fsp3) is 0.318. The number of rotatable bonds is 5. The predicted octanol–water partition coefficient (Wildman–Crippen LogP) is 2.52. The van der Waals surface area contributed by atoms with Crippen LogP contribution < -0.4 is 9.64 Å².